The molecule has 1 N–H and O–H groups in total. The van der Waals surface area contributed by atoms with Crippen LogP contribution in [0.2, 0.25) is 0 Å². The molecule has 1 amide bonds. The summed E-state index contributed by atoms with van der Waals surface area (Å²) < 4.78 is 0. The standard InChI is InChI=1S/C27H21NO3/c1-19-17-28(26(29)22-11-13-23(14-12-22)27(30)31)18-24-16-21(10-15-25(19)24)9-5-8-20-6-3-2-4-7-20/h2-4,6-7,10-17H,8,18H2,1H3,(H,30,31). The highest BCUT2D eigenvalue weighted by Gasteiger charge is 2.21. The molecule has 4 rings (SSSR count). The van der Waals surface area contributed by atoms with Gasteiger partial charge in [-0.05, 0) is 65.6 Å². The smallest absolute Gasteiger partial charge is 0.335 e. The Balaban J connectivity index is 1.53. The Bertz CT molecular complexity index is 1230. The number of aromatic carboxylic acids is 1. The van der Waals surface area contributed by atoms with Gasteiger partial charge in [0, 0.05) is 23.7 Å². The molecule has 0 saturated heterocycles. The van der Waals surface area contributed by atoms with Gasteiger partial charge in [0.05, 0.1) is 12.1 Å². The van der Waals surface area contributed by atoms with E-state index >= 15 is 0 Å². The van der Waals surface area contributed by atoms with Crippen LogP contribution < -0.4 is 0 Å². The molecule has 0 bridgehead atoms. The Morgan fingerprint density at radius 1 is 0.968 bits per heavy atom. The van der Waals surface area contributed by atoms with Gasteiger partial charge in [-0.3, -0.25) is 4.79 Å². The van der Waals surface area contributed by atoms with Crippen molar-refractivity contribution in [1.29, 1.82) is 0 Å². The van der Waals surface area contributed by atoms with Crippen LogP contribution in [-0.2, 0) is 13.0 Å². The number of fused-ring (bicyclic) bond motifs is 1. The van der Waals surface area contributed by atoms with Crippen LogP contribution in [0, 0.1) is 11.8 Å². The molecule has 4 nitrogen and oxygen atoms in total. The molecule has 0 aliphatic carbocycles. The number of allylic oxidation sites excluding steroid dienone is 1. The fourth-order valence-corrected chi connectivity index (χ4v) is 3.62. The molecule has 1 aliphatic heterocycles. The monoisotopic (exact) mass is 407 g/mol. The minimum atomic E-state index is -1.01. The first-order chi connectivity index (χ1) is 15.0. The van der Waals surface area contributed by atoms with Crippen molar-refractivity contribution in [2.24, 2.45) is 0 Å². The minimum Gasteiger partial charge on any atom is -0.478 e. The lowest BCUT2D eigenvalue weighted by molar-refractivity contribution is 0.0695. The van der Waals surface area contributed by atoms with Gasteiger partial charge in [-0.15, -0.1) is 0 Å². The maximum absolute atomic E-state index is 13.0. The van der Waals surface area contributed by atoms with Crippen LogP contribution in [0.4, 0.5) is 0 Å². The summed E-state index contributed by atoms with van der Waals surface area (Å²) in [5.74, 6) is 5.26. The molecular weight excluding hydrogens is 386 g/mol. The van der Waals surface area contributed by atoms with Crippen molar-refractivity contribution < 1.29 is 14.7 Å². The second-order valence-corrected chi connectivity index (χ2v) is 7.46. The van der Waals surface area contributed by atoms with E-state index in [9.17, 15) is 9.59 Å². The largest absolute Gasteiger partial charge is 0.478 e. The number of carboxylic acids is 1. The van der Waals surface area contributed by atoms with E-state index in [1.54, 1.807) is 17.0 Å². The van der Waals surface area contributed by atoms with Crippen LogP contribution in [0.25, 0.3) is 5.57 Å². The minimum absolute atomic E-state index is 0.158. The summed E-state index contributed by atoms with van der Waals surface area (Å²) >= 11 is 0. The highest BCUT2D eigenvalue weighted by Crippen LogP contribution is 2.28. The van der Waals surface area contributed by atoms with Gasteiger partial charge >= 0.3 is 5.97 Å². The van der Waals surface area contributed by atoms with Crippen LogP contribution >= 0.6 is 0 Å². The van der Waals surface area contributed by atoms with Crippen LogP contribution in [-0.4, -0.2) is 21.9 Å². The Kier molecular flexibility index (Phi) is 5.68. The fraction of sp³-hybridized carbons (Fsp3) is 0.111. The van der Waals surface area contributed by atoms with E-state index in [-0.39, 0.29) is 11.5 Å². The summed E-state index contributed by atoms with van der Waals surface area (Å²) in [5.41, 5.74) is 5.86. The Morgan fingerprint density at radius 3 is 2.39 bits per heavy atom. The van der Waals surface area contributed by atoms with Crippen molar-refractivity contribution in [3.63, 3.8) is 0 Å². The highest BCUT2D eigenvalue weighted by molar-refractivity contribution is 5.97. The summed E-state index contributed by atoms with van der Waals surface area (Å²) in [6.07, 6.45) is 2.53. The van der Waals surface area contributed by atoms with Crippen molar-refractivity contribution in [2.45, 2.75) is 19.9 Å². The van der Waals surface area contributed by atoms with E-state index < -0.39 is 5.97 Å². The Morgan fingerprint density at radius 2 is 1.68 bits per heavy atom. The first-order valence-electron chi connectivity index (χ1n) is 10.00. The quantitative estimate of drug-likeness (QED) is 0.622. The van der Waals surface area contributed by atoms with Gasteiger partial charge < -0.3 is 10.0 Å². The van der Waals surface area contributed by atoms with E-state index in [0.29, 0.717) is 18.5 Å². The lowest BCUT2D eigenvalue weighted by atomic mass is 9.95. The normalized spacial score (nSPS) is 12.3. The van der Waals surface area contributed by atoms with Crippen LogP contribution in [0.15, 0.2) is 79.0 Å². The van der Waals surface area contributed by atoms with Gasteiger partial charge in [0.25, 0.3) is 5.91 Å². The highest BCUT2D eigenvalue weighted by atomic mass is 16.4. The van der Waals surface area contributed by atoms with Gasteiger partial charge in [-0.25, -0.2) is 4.79 Å². The zero-order valence-electron chi connectivity index (χ0n) is 17.1. The third-order valence-corrected chi connectivity index (χ3v) is 5.23. The zero-order chi connectivity index (χ0) is 21.8. The Labute approximate surface area is 181 Å². The molecule has 0 unspecified atom stereocenters. The van der Waals surface area contributed by atoms with E-state index in [1.165, 1.54) is 17.7 Å². The number of hydrogen-bond acceptors (Lipinski definition) is 2. The van der Waals surface area contributed by atoms with E-state index in [4.69, 9.17) is 5.11 Å². The number of nitrogens with zero attached hydrogens (tertiary/aromatic N) is 1. The number of carbonyl (C=O) groups excluding carboxylic acids is 1. The van der Waals surface area contributed by atoms with Crippen molar-refractivity contribution in [1.82, 2.24) is 4.90 Å². The molecule has 152 valence electrons. The van der Waals surface area contributed by atoms with Gasteiger partial charge in [-0.2, -0.15) is 0 Å². The van der Waals surface area contributed by atoms with Crippen LogP contribution in [0.1, 0.15) is 49.9 Å². The number of carbonyl (C=O) groups is 2. The van der Waals surface area contributed by atoms with Crippen molar-refractivity contribution >= 4 is 17.4 Å². The first-order valence-corrected chi connectivity index (χ1v) is 10.00. The topological polar surface area (TPSA) is 57.6 Å². The number of hydrogen-bond donors (Lipinski definition) is 1. The summed E-state index contributed by atoms with van der Waals surface area (Å²) in [6, 6.07) is 22.2. The summed E-state index contributed by atoms with van der Waals surface area (Å²) in [5, 5.41) is 9.04. The molecule has 31 heavy (non-hydrogen) atoms. The van der Waals surface area contributed by atoms with Crippen molar-refractivity contribution in [3.8, 4) is 11.8 Å². The molecule has 4 heteroatoms. The van der Waals surface area contributed by atoms with E-state index in [0.717, 1.165) is 22.3 Å². The molecule has 3 aromatic rings. The Hall–Kier alpha value is -4.10. The third-order valence-electron chi connectivity index (χ3n) is 5.23. The van der Waals surface area contributed by atoms with Gasteiger partial charge in [-0.1, -0.05) is 48.2 Å². The second kappa shape index (κ2) is 8.73. The van der Waals surface area contributed by atoms with Crippen molar-refractivity contribution in [3.05, 3.63) is 112 Å². The summed E-state index contributed by atoms with van der Waals surface area (Å²) in [4.78, 5) is 25.7. The molecule has 0 fully saturated rings. The molecular formula is C27H21NO3. The molecule has 1 heterocycles. The molecule has 0 aromatic heterocycles. The van der Waals surface area contributed by atoms with Crippen molar-refractivity contribution in [2.75, 3.05) is 0 Å². The predicted octanol–water partition coefficient (Wildman–Crippen LogP) is 5.00. The van der Waals surface area contributed by atoms with Crippen LogP contribution in [0.5, 0.6) is 0 Å². The molecule has 0 spiro atoms. The maximum atomic E-state index is 13.0. The third kappa shape index (κ3) is 4.57. The SMILES string of the molecule is CC1=CN(C(=O)c2ccc(C(=O)O)cc2)Cc2cc(C#CCc3ccccc3)ccc21. The molecule has 0 atom stereocenters. The van der Waals surface area contributed by atoms with Gasteiger partial charge in [0.2, 0.25) is 0 Å². The van der Waals surface area contributed by atoms with Crippen LogP contribution in [0.3, 0.4) is 0 Å². The van der Waals surface area contributed by atoms with Gasteiger partial charge in [0.1, 0.15) is 0 Å². The molecule has 1 aliphatic rings. The number of rotatable bonds is 3. The lowest BCUT2D eigenvalue weighted by Gasteiger charge is -2.26. The summed E-state index contributed by atoms with van der Waals surface area (Å²) in [6.45, 7) is 2.42. The lowest BCUT2D eigenvalue weighted by Crippen LogP contribution is -2.28. The zero-order valence-corrected chi connectivity index (χ0v) is 17.1. The van der Waals surface area contributed by atoms with E-state index in [2.05, 4.69) is 30.0 Å². The van der Waals surface area contributed by atoms with Gasteiger partial charge in [0.15, 0.2) is 0 Å². The first kappa shape index (κ1) is 20.2. The second-order valence-electron chi connectivity index (χ2n) is 7.46. The average Bonchev–Trinajstić information content (AvgIpc) is 2.79. The summed E-state index contributed by atoms with van der Waals surface area (Å²) in [7, 11) is 0. The molecule has 3 aromatic carbocycles. The predicted molar refractivity (Wildman–Crippen MR) is 120 cm³/mol. The fourth-order valence-electron chi connectivity index (χ4n) is 3.62. The maximum Gasteiger partial charge on any atom is 0.335 e. The average molecular weight is 407 g/mol. The number of amides is 1. The van der Waals surface area contributed by atoms with E-state index in [1.807, 2.05) is 43.5 Å². The number of benzene rings is 3. The molecule has 0 radical (unpaired) electrons. The molecule has 0 saturated carbocycles. The number of carboxylic acid groups (broad SMARTS) is 1.